The molecule has 3 nitrogen and oxygen atoms in total. The molecular formula is C8H13O3. The molecule has 0 aliphatic rings. The summed E-state index contributed by atoms with van der Waals surface area (Å²) >= 11 is 0. The predicted molar refractivity (Wildman–Crippen MR) is 40.5 cm³/mol. The minimum absolute atomic E-state index is 0.112. The summed E-state index contributed by atoms with van der Waals surface area (Å²) < 4.78 is 4.62. The van der Waals surface area contributed by atoms with Crippen molar-refractivity contribution in [2.45, 2.75) is 26.4 Å². The van der Waals surface area contributed by atoms with E-state index in [0.717, 1.165) is 0 Å². The molecule has 1 radical (unpaired) electrons. The van der Waals surface area contributed by atoms with Gasteiger partial charge in [0.25, 0.3) is 0 Å². The second-order valence-electron chi connectivity index (χ2n) is 3.12. The molecule has 11 heavy (non-hydrogen) atoms. The number of esters is 1. The SMILES string of the molecule is C=C(C)C(=O)OCC(C)(C)[O]. The summed E-state index contributed by atoms with van der Waals surface area (Å²) in [7, 11) is 0. The first kappa shape index (κ1) is 10.2. The van der Waals surface area contributed by atoms with Crippen LogP contribution >= 0.6 is 0 Å². The second-order valence-corrected chi connectivity index (χ2v) is 3.12. The Morgan fingerprint density at radius 3 is 2.27 bits per heavy atom. The Bertz CT molecular complexity index is 165. The molecule has 0 bridgehead atoms. The predicted octanol–water partition coefficient (Wildman–Crippen LogP) is 1.31. The average molecular weight is 157 g/mol. The summed E-state index contributed by atoms with van der Waals surface area (Å²) in [5.74, 6) is -0.506. The zero-order valence-corrected chi connectivity index (χ0v) is 7.14. The normalized spacial score (nSPS) is 10.9. The molecule has 0 N–H and O–H groups in total. The molecule has 63 valence electrons. The zero-order valence-electron chi connectivity index (χ0n) is 7.14. The van der Waals surface area contributed by atoms with E-state index in [1.165, 1.54) is 13.8 Å². The van der Waals surface area contributed by atoms with Crippen molar-refractivity contribution in [3.63, 3.8) is 0 Å². The van der Waals surface area contributed by atoms with Gasteiger partial charge >= 0.3 is 5.97 Å². The van der Waals surface area contributed by atoms with Crippen LogP contribution < -0.4 is 0 Å². The van der Waals surface area contributed by atoms with E-state index in [1.54, 1.807) is 6.92 Å². The summed E-state index contributed by atoms with van der Waals surface area (Å²) in [5, 5.41) is 10.9. The maximum Gasteiger partial charge on any atom is 0.333 e. The molecule has 0 rings (SSSR count). The summed E-state index contributed by atoms with van der Waals surface area (Å²) in [6.45, 7) is 7.72. The van der Waals surface area contributed by atoms with Gasteiger partial charge in [-0.05, 0) is 20.8 Å². The lowest BCUT2D eigenvalue weighted by Gasteiger charge is -2.13. The van der Waals surface area contributed by atoms with Gasteiger partial charge in [-0.2, -0.15) is 0 Å². The van der Waals surface area contributed by atoms with Crippen molar-refractivity contribution < 1.29 is 14.6 Å². The van der Waals surface area contributed by atoms with E-state index in [-0.39, 0.29) is 6.61 Å². The Hall–Kier alpha value is -0.830. The maximum atomic E-state index is 10.9. The number of rotatable bonds is 3. The van der Waals surface area contributed by atoms with Crippen LogP contribution in [-0.2, 0) is 14.6 Å². The monoisotopic (exact) mass is 157 g/mol. The lowest BCUT2D eigenvalue weighted by Crippen LogP contribution is -2.26. The van der Waals surface area contributed by atoms with Crippen LogP contribution in [0.25, 0.3) is 0 Å². The van der Waals surface area contributed by atoms with Crippen molar-refractivity contribution in [3.8, 4) is 0 Å². The van der Waals surface area contributed by atoms with Gasteiger partial charge in [0.1, 0.15) is 12.2 Å². The van der Waals surface area contributed by atoms with Gasteiger partial charge in [-0.1, -0.05) is 6.58 Å². The number of hydrogen-bond acceptors (Lipinski definition) is 2. The van der Waals surface area contributed by atoms with Crippen molar-refractivity contribution in [1.82, 2.24) is 0 Å². The topological polar surface area (TPSA) is 46.2 Å². The van der Waals surface area contributed by atoms with Gasteiger partial charge in [0.15, 0.2) is 0 Å². The Kier molecular flexibility index (Phi) is 3.26. The van der Waals surface area contributed by atoms with Crippen molar-refractivity contribution in [1.29, 1.82) is 0 Å². The summed E-state index contributed by atoms with van der Waals surface area (Å²) in [5.41, 5.74) is -0.903. The minimum Gasteiger partial charge on any atom is -0.459 e. The molecule has 0 aromatic heterocycles. The Morgan fingerprint density at radius 1 is 1.55 bits per heavy atom. The smallest absolute Gasteiger partial charge is 0.333 e. The van der Waals surface area contributed by atoms with Crippen LogP contribution in [0.1, 0.15) is 20.8 Å². The first-order valence-corrected chi connectivity index (χ1v) is 3.36. The standard InChI is InChI=1S/C8H13O3/c1-6(2)7(9)11-5-8(3,4)10/h1,5H2,2-4H3. The third-order valence-electron chi connectivity index (χ3n) is 0.899. The third-order valence-corrected chi connectivity index (χ3v) is 0.899. The molecule has 0 fully saturated rings. The van der Waals surface area contributed by atoms with Crippen LogP contribution in [-0.4, -0.2) is 18.2 Å². The van der Waals surface area contributed by atoms with E-state index >= 15 is 0 Å². The average Bonchev–Trinajstić information content (AvgIpc) is 1.80. The highest BCUT2D eigenvalue weighted by Gasteiger charge is 2.17. The van der Waals surface area contributed by atoms with Crippen molar-refractivity contribution in [2.24, 2.45) is 0 Å². The van der Waals surface area contributed by atoms with Crippen molar-refractivity contribution >= 4 is 5.97 Å². The van der Waals surface area contributed by atoms with Crippen LogP contribution in [0.4, 0.5) is 0 Å². The van der Waals surface area contributed by atoms with E-state index in [2.05, 4.69) is 11.3 Å². The fourth-order valence-corrected chi connectivity index (χ4v) is 0.363. The molecule has 0 aromatic rings. The van der Waals surface area contributed by atoms with E-state index in [1.807, 2.05) is 0 Å². The van der Waals surface area contributed by atoms with E-state index < -0.39 is 11.6 Å². The Labute approximate surface area is 66.7 Å². The minimum atomic E-state index is -1.22. The van der Waals surface area contributed by atoms with Gasteiger partial charge in [0.2, 0.25) is 0 Å². The fraction of sp³-hybridized carbons (Fsp3) is 0.625. The highest BCUT2D eigenvalue weighted by Crippen LogP contribution is 2.03. The number of ether oxygens (including phenoxy) is 1. The highest BCUT2D eigenvalue weighted by atomic mass is 16.5. The van der Waals surface area contributed by atoms with Crippen LogP contribution in [0.2, 0.25) is 0 Å². The lowest BCUT2D eigenvalue weighted by atomic mass is 10.2. The van der Waals surface area contributed by atoms with E-state index in [9.17, 15) is 9.90 Å². The molecule has 0 unspecified atom stereocenters. The quantitative estimate of drug-likeness (QED) is 0.458. The number of hydrogen-bond donors (Lipinski definition) is 0. The molecule has 0 saturated carbocycles. The molecular weight excluding hydrogens is 144 g/mol. The van der Waals surface area contributed by atoms with E-state index in [4.69, 9.17) is 0 Å². The molecule has 0 heterocycles. The highest BCUT2D eigenvalue weighted by molar-refractivity contribution is 5.86. The summed E-state index contributed by atoms with van der Waals surface area (Å²) in [6, 6.07) is 0. The third kappa shape index (κ3) is 5.61. The molecule has 3 heteroatoms. The van der Waals surface area contributed by atoms with Crippen LogP contribution in [0, 0.1) is 0 Å². The van der Waals surface area contributed by atoms with Crippen molar-refractivity contribution in [3.05, 3.63) is 12.2 Å². The van der Waals surface area contributed by atoms with Gasteiger partial charge in [-0.3, -0.25) is 0 Å². The van der Waals surface area contributed by atoms with Gasteiger partial charge < -0.3 is 4.74 Å². The van der Waals surface area contributed by atoms with Gasteiger partial charge in [0, 0.05) is 5.57 Å². The van der Waals surface area contributed by atoms with Gasteiger partial charge in [0.05, 0.1) is 0 Å². The molecule has 0 saturated heterocycles. The molecule has 0 aliphatic carbocycles. The van der Waals surface area contributed by atoms with Crippen LogP contribution in [0.15, 0.2) is 12.2 Å². The summed E-state index contributed by atoms with van der Waals surface area (Å²) in [6.07, 6.45) is 0. The summed E-state index contributed by atoms with van der Waals surface area (Å²) in [4.78, 5) is 10.7. The molecule has 0 atom stereocenters. The van der Waals surface area contributed by atoms with E-state index in [0.29, 0.717) is 5.57 Å². The number of carbonyl (C=O) groups excluding carboxylic acids is 1. The Balaban J connectivity index is 3.73. The molecule has 0 aliphatic heterocycles. The second kappa shape index (κ2) is 3.53. The van der Waals surface area contributed by atoms with Crippen molar-refractivity contribution in [2.75, 3.05) is 6.61 Å². The molecule has 0 amide bonds. The maximum absolute atomic E-state index is 10.9. The molecule has 0 aromatic carbocycles. The zero-order chi connectivity index (χ0) is 9.07. The lowest BCUT2D eigenvalue weighted by molar-refractivity contribution is -0.148. The van der Waals surface area contributed by atoms with Gasteiger partial charge in [-0.15, -0.1) is 0 Å². The van der Waals surface area contributed by atoms with Crippen LogP contribution in [0.5, 0.6) is 0 Å². The first-order chi connectivity index (χ1) is 4.83. The van der Waals surface area contributed by atoms with Crippen LogP contribution in [0.3, 0.4) is 0 Å². The first-order valence-electron chi connectivity index (χ1n) is 3.36. The molecule has 0 spiro atoms. The number of carbonyl (C=O) groups is 1. The fourth-order valence-electron chi connectivity index (χ4n) is 0.363. The Morgan fingerprint density at radius 2 is 2.00 bits per heavy atom. The largest absolute Gasteiger partial charge is 0.459 e. The van der Waals surface area contributed by atoms with Gasteiger partial charge in [-0.25, -0.2) is 9.90 Å².